The van der Waals surface area contributed by atoms with Crippen molar-refractivity contribution in [2.45, 2.75) is 0 Å². The second-order valence-corrected chi connectivity index (χ2v) is 0. The van der Waals surface area contributed by atoms with Gasteiger partial charge in [-0.2, -0.15) is 0 Å². The molecule has 4 heteroatoms. The Kier molecular flexibility index (Phi) is 137. The van der Waals surface area contributed by atoms with E-state index in [1.165, 1.54) is 0 Å². The maximum atomic E-state index is 0. The summed E-state index contributed by atoms with van der Waals surface area (Å²) in [7, 11) is 0. The molecule has 0 amide bonds. The summed E-state index contributed by atoms with van der Waals surface area (Å²) in [5.74, 6) is 0. The molecule has 0 heterocycles. The molecular formula is HSeTeZn2. The van der Waals surface area contributed by atoms with Gasteiger partial charge in [0.25, 0.3) is 0 Å². The Morgan fingerprint density at radius 2 is 0.750 bits per heavy atom. The van der Waals surface area contributed by atoms with Crippen LogP contribution in [0.1, 0.15) is 0 Å². The summed E-state index contributed by atoms with van der Waals surface area (Å²) in [4.78, 5) is 0. The predicted molar refractivity (Wildman–Crippen MR) is 12.9 cm³/mol. The van der Waals surface area contributed by atoms with Crippen molar-refractivity contribution in [2.75, 3.05) is 0 Å². The normalized spacial score (nSPS) is 0. The number of rotatable bonds is 0. The zero-order valence-electron chi connectivity index (χ0n) is 2.27. The number of hydrogen-bond donors (Lipinski definition) is 0. The molecule has 0 unspecified atom stereocenters. The Labute approximate surface area is 78.6 Å². The third-order valence-electron chi connectivity index (χ3n) is 0. The van der Waals surface area contributed by atoms with Crippen molar-refractivity contribution in [1.82, 2.24) is 0 Å². The molecule has 0 aromatic heterocycles. The summed E-state index contributed by atoms with van der Waals surface area (Å²) < 4.78 is 0. The van der Waals surface area contributed by atoms with Gasteiger partial charge < -0.3 is 0 Å². The average Bonchev–Trinajstić information content (AvgIpc) is 0. The Hall–Kier alpha value is 2.56. The van der Waals surface area contributed by atoms with Gasteiger partial charge in [0.1, 0.15) is 0 Å². The summed E-state index contributed by atoms with van der Waals surface area (Å²) >= 11 is 0. The quantitative estimate of drug-likeness (QED) is 0.496. The fourth-order valence-electron chi connectivity index (χ4n) is 0. The van der Waals surface area contributed by atoms with Crippen molar-refractivity contribution in [2.24, 2.45) is 0 Å². The van der Waals surface area contributed by atoms with Crippen molar-refractivity contribution < 1.29 is 39.0 Å². The summed E-state index contributed by atoms with van der Waals surface area (Å²) in [5, 5.41) is 0. The van der Waals surface area contributed by atoms with E-state index in [1.807, 2.05) is 0 Å². The Bertz CT molecular complexity index is 6.00. The van der Waals surface area contributed by atoms with Gasteiger partial charge in [0, 0.05) is 62.6 Å². The molecule has 0 aliphatic rings. The Balaban J connectivity index is 0. The van der Waals surface area contributed by atoms with Gasteiger partial charge >= 0.3 is 17.1 Å². The van der Waals surface area contributed by atoms with Crippen LogP contribution in [0.4, 0.5) is 0 Å². The van der Waals surface area contributed by atoms with Crippen LogP contribution in [0.3, 0.4) is 0 Å². The van der Waals surface area contributed by atoms with Gasteiger partial charge in [-0.05, 0) is 0 Å². The molecular weight excluding hydrogens is 337 g/mol. The molecule has 0 bridgehead atoms. The molecule has 0 aliphatic heterocycles. The molecule has 0 saturated carbocycles. The summed E-state index contributed by atoms with van der Waals surface area (Å²) in [6, 6.07) is 0. The fraction of sp³-hybridized carbons (Fsp3) is 0. The van der Waals surface area contributed by atoms with E-state index in [0.29, 0.717) is 0 Å². The maximum absolute atomic E-state index is 0. The Morgan fingerprint density at radius 3 is 0.750 bits per heavy atom. The van der Waals surface area contributed by atoms with E-state index >= 15 is 0 Å². The molecule has 4 heavy (non-hydrogen) atoms. The Morgan fingerprint density at radius 1 is 0.750 bits per heavy atom. The van der Waals surface area contributed by atoms with Gasteiger partial charge in [-0.1, -0.05) is 0 Å². The standard InChI is InChI=1S/HSe.Te.2Zn/h1H;;;. The summed E-state index contributed by atoms with van der Waals surface area (Å²) in [6.07, 6.45) is 0. The molecule has 0 nitrogen and oxygen atoms in total. The van der Waals surface area contributed by atoms with Crippen molar-refractivity contribution in [3.63, 3.8) is 0 Å². The largest absolute Gasteiger partial charge is 0 e. The van der Waals surface area contributed by atoms with E-state index in [2.05, 4.69) is 0 Å². The van der Waals surface area contributed by atoms with E-state index in [-0.39, 0.29) is 79.7 Å². The third kappa shape index (κ3) is 8.82. The van der Waals surface area contributed by atoms with E-state index in [4.69, 9.17) is 0 Å². The van der Waals surface area contributed by atoms with Crippen molar-refractivity contribution in [3.8, 4) is 0 Å². The first kappa shape index (κ1) is 31.0. The monoisotopic (exact) mass is 339 g/mol. The van der Waals surface area contributed by atoms with Gasteiger partial charge in [0.2, 0.25) is 0 Å². The molecule has 0 fully saturated rings. The molecule has 3 radical (unpaired) electrons. The molecule has 0 N–H and O–H groups in total. The third-order valence-corrected chi connectivity index (χ3v) is 0. The van der Waals surface area contributed by atoms with Crippen LogP contribution < -0.4 is 0 Å². The van der Waals surface area contributed by atoms with Gasteiger partial charge in [0.15, 0.2) is 0 Å². The molecule has 0 aromatic carbocycles. The van der Waals surface area contributed by atoms with Crippen LogP contribution in [0.25, 0.3) is 0 Å². The topological polar surface area (TPSA) is 0 Å². The van der Waals surface area contributed by atoms with Gasteiger partial charge in [0.05, 0.1) is 0 Å². The van der Waals surface area contributed by atoms with Crippen LogP contribution >= 0.6 is 0 Å². The van der Waals surface area contributed by atoms with E-state index in [0.717, 1.165) is 0 Å². The van der Waals surface area contributed by atoms with Gasteiger partial charge in [-0.15, -0.1) is 0 Å². The van der Waals surface area contributed by atoms with E-state index in [9.17, 15) is 0 Å². The smallest absolute Gasteiger partial charge is 0 e. The minimum absolute atomic E-state index is 0. The molecule has 0 saturated heterocycles. The molecule has 0 aromatic rings. The van der Waals surface area contributed by atoms with Gasteiger partial charge in [-0.3, -0.25) is 0 Å². The van der Waals surface area contributed by atoms with Crippen LogP contribution in [-0.4, -0.2) is 40.7 Å². The van der Waals surface area contributed by atoms with Crippen LogP contribution in [0.2, 0.25) is 0 Å². The maximum Gasteiger partial charge on any atom is 0 e. The van der Waals surface area contributed by atoms with Crippen molar-refractivity contribution in [1.29, 1.82) is 0 Å². The zero-order chi connectivity index (χ0) is 0. The summed E-state index contributed by atoms with van der Waals surface area (Å²) in [6.45, 7) is 0. The van der Waals surface area contributed by atoms with Crippen LogP contribution in [0.5, 0.6) is 0 Å². The minimum Gasteiger partial charge on any atom is 0 e. The van der Waals surface area contributed by atoms with Crippen LogP contribution in [0.15, 0.2) is 0 Å². The molecule has 17 valence electrons. The van der Waals surface area contributed by atoms with Crippen LogP contribution in [-0.2, 0) is 39.0 Å². The molecule has 0 rings (SSSR count). The van der Waals surface area contributed by atoms with E-state index < -0.39 is 0 Å². The average molecular weight is 338 g/mol. The fourth-order valence-corrected chi connectivity index (χ4v) is 0. The zero-order valence-corrected chi connectivity index (χ0v) is 12.4. The first-order valence-electron chi connectivity index (χ1n) is 0. The van der Waals surface area contributed by atoms with Gasteiger partial charge in [-0.25, -0.2) is 0 Å². The molecule has 0 aliphatic carbocycles. The van der Waals surface area contributed by atoms with Crippen molar-refractivity contribution in [3.05, 3.63) is 0 Å². The SMILES string of the molecule is [SeH].[Te].[Zn].[Zn]. The first-order valence-corrected chi connectivity index (χ1v) is 0. The number of hydrogen-bond acceptors (Lipinski definition) is 0. The minimum atomic E-state index is 0. The van der Waals surface area contributed by atoms with Crippen LogP contribution in [0, 0.1) is 0 Å². The second kappa shape index (κ2) is 17.7. The molecule has 0 spiro atoms. The second-order valence-electron chi connectivity index (χ2n) is 0. The predicted octanol–water partition coefficient (Wildman–Crippen LogP) is -1.03. The summed E-state index contributed by atoms with van der Waals surface area (Å²) in [5.41, 5.74) is 0. The molecule has 0 atom stereocenters. The van der Waals surface area contributed by atoms with E-state index in [1.54, 1.807) is 0 Å². The first-order chi connectivity index (χ1) is 0. The van der Waals surface area contributed by atoms with Crippen molar-refractivity contribution >= 4 is 40.7 Å².